The van der Waals surface area contributed by atoms with Gasteiger partial charge in [-0.1, -0.05) is 54.2 Å². The average Bonchev–Trinajstić information content (AvgIpc) is 3.06. The number of para-hydroxylation sites is 1. The van der Waals surface area contributed by atoms with Crippen molar-refractivity contribution >= 4 is 58.7 Å². The average molecular weight is 741 g/mol. The number of rotatable bonds is 13. The van der Waals surface area contributed by atoms with Gasteiger partial charge in [0.05, 0.1) is 23.3 Å². The zero-order valence-electron chi connectivity index (χ0n) is 29.8. The van der Waals surface area contributed by atoms with Crippen LogP contribution in [0.1, 0.15) is 49.4 Å². The Kier molecular flexibility index (Phi) is 15.2. The summed E-state index contributed by atoms with van der Waals surface area (Å²) in [6, 6.07) is 17.9. The van der Waals surface area contributed by atoms with Gasteiger partial charge in [-0.25, -0.2) is 19.8 Å². The number of halogens is 3. The molecule has 0 aliphatic heterocycles. The number of amides is 2. The number of amidine groups is 2. The first-order valence-electron chi connectivity index (χ1n) is 16.1. The van der Waals surface area contributed by atoms with Gasteiger partial charge < -0.3 is 25.4 Å². The summed E-state index contributed by atoms with van der Waals surface area (Å²) in [6.45, 7) is 10.1. The Morgan fingerprint density at radius 1 is 0.981 bits per heavy atom. The fourth-order valence-electron chi connectivity index (χ4n) is 4.20. The Morgan fingerprint density at radius 3 is 2.25 bits per heavy atom. The van der Waals surface area contributed by atoms with Crippen molar-refractivity contribution in [2.75, 3.05) is 25.9 Å². The number of nitrogens with zero attached hydrogens (tertiary/aromatic N) is 5. The largest absolute Gasteiger partial charge is 0.573 e. The molecule has 4 N–H and O–H groups in total. The number of alkyl halides is 3. The molecule has 3 aromatic rings. The predicted molar refractivity (Wildman–Crippen MR) is 201 cm³/mol. The number of ether oxygens (including phenoxy) is 2. The SMILES string of the molecule is Cc1cccc(C)c1N=C(N/N=C/c1ccc(C(N)=NC=Nc2ccc(OC(F)(F)F)cc2)cc1)SCC(=O)NCCCN(C)C(=O)OC(C)(C)C. The Bertz CT molecular complexity index is 1750. The topological polar surface area (TPSA) is 155 Å². The lowest BCUT2D eigenvalue weighted by Crippen LogP contribution is -2.36. The summed E-state index contributed by atoms with van der Waals surface area (Å²) in [5.74, 6) is -0.287. The van der Waals surface area contributed by atoms with Crippen LogP contribution in [-0.2, 0) is 9.53 Å². The lowest BCUT2D eigenvalue weighted by molar-refractivity contribution is -0.274. The molecule has 0 spiro atoms. The van der Waals surface area contributed by atoms with E-state index in [0.29, 0.717) is 35.9 Å². The lowest BCUT2D eigenvalue weighted by Gasteiger charge is -2.24. The first-order chi connectivity index (χ1) is 24.5. The van der Waals surface area contributed by atoms with E-state index in [4.69, 9.17) is 15.5 Å². The third-order valence-electron chi connectivity index (χ3n) is 6.74. The summed E-state index contributed by atoms with van der Waals surface area (Å²) < 4.78 is 46.2. The van der Waals surface area contributed by atoms with E-state index in [1.54, 1.807) is 58.3 Å². The van der Waals surface area contributed by atoms with Gasteiger partial charge in [0, 0.05) is 25.7 Å². The molecule has 0 atom stereocenters. The lowest BCUT2D eigenvalue weighted by atomic mass is 10.1. The van der Waals surface area contributed by atoms with Crippen molar-refractivity contribution < 1.29 is 32.2 Å². The minimum Gasteiger partial charge on any atom is -0.444 e. The number of carbonyl (C=O) groups is 2. The molecule has 0 unspecified atom stereocenters. The fraction of sp³-hybridized carbons (Fsp3) is 0.333. The van der Waals surface area contributed by atoms with Gasteiger partial charge in [0.25, 0.3) is 0 Å². The van der Waals surface area contributed by atoms with E-state index in [1.165, 1.54) is 35.1 Å². The highest BCUT2D eigenvalue weighted by molar-refractivity contribution is 8.14. The molecule has 0 radical (unpaired) electrons. The molecule has 12 nitrogen and oxygen atoms in total. The van der Waals surface area contributed by atoms with Gasteiger partial charge >= 0.3 is 12.5 Å². The minimum atomic E-state index is -4.77. The highest BCUT2D eigenvalue weighted by Gasteiger charge is 2.31. The van der Waals surface area contributed by atoms with Crippen LogP contribution in [0.3, 0.4) is 0 Å². The number of carbonyl (C=O) groups excluding carboxylic acids is 2. The molecule has 0 saturated heterocycles. The molecule has 0 aromatic heterocycles. The van der Waals surface area contributed by atoms with Gasteiger partial charge in [0.15, 0.2) is 5.17 Å². The van der Waals surface area contributed by atoms with Crippen LogP contribution < -0.4 is 21.2 Å². The molecule has 0 aliphatic rings. The quantitative estimate of drug-likeness (QED) is 0.0739. The fourth-order valence-corrected chi connectivity index (χ4v) is 4.84. The van der Waals surface area contributed by atoms with E-state index in [1.807, 2.05) is 32.0 Å². The molecule has 0 bridgehead atoms. The molecule has 2 amide bonds. The van der Waals surface area contributed by atoms with Crippen molar-refractivity contribution in [1.82, 2.24) is 15.6 Å². The second-order valence-electron chi connectivity index (χ2n) is 12.3. The van der Waals surface area contributed by atoms with Gasteiger partial charge in [0.1, 0.15) is 23.5 Å². The number of aryl methyl sites for hydroxylation is 2. The first-order valence-corrected chi connectivity index (χ1v) is 17.1. The maximum Gasteiger partial charge on any atom is 0.573 e. The van der Waals surface area contributed by atoms with Crippen molar-refractivity contribution in [1.29, 1.82) is 0 Å². The van der Waals surface area contributed by atoms with Crippen molar-refractivity contribution in [2.45, 2.75) is 53.0 Å². The van der Waals surface area contributed by atoms with Crippen LogP contribution in [0.25, 0.3) is 0 Å². The normalized spacial score (nSPS) is 12.6. The number of nitrogens with two attached hydrogens (primary N) is 1. The molecule has 16 heteroatoms. The molecule has 52 heavy (non-hydrogen) atoms. The number of benzene rings is 3. The van der Waals surface area contributed by atoms with Crippen LogP contribution in [-0.4, -0.2) is 78.3 Å². The highest BCUT2D eigenvalue weighted by atomic mass is 32.2. The zero-order chi connectivity index (χ0) is 38.3. The maximum absolute atomic E-state index is 12.6. The molecule has 3 aromatic carbocycles. The standard InChI is InChI=1S/C36H43F3N8O4S/c1-24-9-7-10-25(2)31(24)45-33(52-22-30(48)41-19-8-20-47(6)34(49)51-35(3,4)5)46-44-21-26-11-13-27(14-12-26)32(40)43-23-42-28-15-17-29(18-16-28)50-36(37,38)39/h7,9-18,21,23H,8,19-20,22H2,1-6H3,(H,41,48)(H,45,46)(H2,40,42,43)/b44-21+. The summed E-state index contributed by atoms with van der Waals surface area (Å²) in [5.41, 5.74) is 12.9. The second kappa shape index (κ2) is 19.3. The molecular weight excluding hydrogens is 698 g/mol. The number of hydrogen-bond donors (Lipinski definition) is 3. The van der Waals surface area contributed by atoms with Gasteiger partial charge in [0.2, 0.25) is 5.91 Å². The van der Waals surface area contributed by atoms with E-state index < -0.39 is 18.1 Å². The van der Waals surface area contributed by atoms with Crippen molar-refractivity contribution in [3.8, 4) is 5.75 Å². The third kappa shape index (κ3) is 15.2. The predicted octanol–water partition coefficient (Wildman–Crippen LogP) is 6.98. The van der Waals surface area contributed by atoms with E-state index in [9.17, 15) is 22.8 Å². The second-order valence-corrected chi connectivity index (χ2v) is 13.3. The monoisotopic (exact) mass is 740 g/mol. The van der Waals surface area contributed by atoms with E-state index >= 15 is 0 Å². The van der Waals surface area contributed by atoms with Crippen LogP contribution in [0.15, 0.2) is 86.8 Å². The van der Waals surface area contributed by atoms with Crippen LogP contribution in [0.5, 0.6) is 5.75 Å². The van der Waals surface area contributed by atoms with Crippen LogP contribution in [0.4, 0.5) is 29.3 Å². The number of aliphatic imine (C=N–C) groups is 3. The summed E-state index contributed by atoms with van der Waals surface area (Å²) in [6.07, 6.45) is -1.84. The maximum atomic E-state index is 12.6. The van der Waals surface area contributed by atoms with Gasteiger partial charge in [-0.3, -0.25) is 10.2 Å². The van der Waals surface area contributed by atoms with E-state index in [0.717, 1.165) is 34.5 Å². The summed E-state index contributed by atoms with van der Waals surface area (Å²) in [4.78, 5) is 39.2. The Hall–Kier alpha value is -5.38. The summed E-state index contributed by atoms with van der Waals surface area (Å²) in [7, 11) is 1.65. The number of thioether (sulfide) groups is 1. The molecule has 0 fully saturated rings. The number of hydrazone groups is 1. The minimum absolute atomic E-state index is 0.0859. The summed E-state index contributed by atoms with van der Waals surface area (Å²) in [5, 5.41) is 7.62. The molecule has 0 saturated carbocycles. The molecule has 3 rings (SSSR count). The first kappa shape index (κ1) is 41.0. The zero-order valence-corrected chi connectivity index (χ0v) is 30.6. The summed E-state index contributed by atoms with van der Waals surface area (Å²) >= 11 is 1.20. The smallest absolute Gasteiger partial charge is 0.444 e. The third-order valence-corrected chi connectivity index (χ3v) is 7.61. The highest BCUT2D eigenvalue weighted by Crippen LogP contribution is 2.26. The Balaban J connectivity index is 1.57. The molecule has 0 aliphatic carbocycles. The number of hydrogen-bond acceptors (Lipinski definition) is 8. The molecule has 0 heterocycles. The molecule has 278 valence electrons. The van der Waals surface area contributed by atoms with Crippen molar-refractivity contribution in [3.05, 3.63) is 89.0 Å². The van der Waals surface area contributed by atoms with Gasteiger partial charge in [-0.05, 0) is 82.0 Å². The molecular formula is C36H43F3N8O4S. The van der Waals surface area contributed by atoms with Crippen molar-refractivity contribution in [2.24, 2.45) is 25.8 Å². The van der Waals surface area contributed by atoms with Crippen molar-refractivity contribution in [3.63, 3.8) is 0 Å². The van der Waals surface area contributed by atoms with Crippen LogP contribution in [0, 0.1) is 13.8 Å². The van der Waals surface area contributed by atoms with E-state index in [2.05, 4.69) is 30.6 Å². The van der Waals surface area contributed by atoms with E-state index in [-0.39, 0.29) is 23.2 Å². The van der Waals surface area contributed by atoms with Gasteiger partial charge in [-0.2, -0.15) is 5.10 Å². The van der Waals surface area contributed by atoms with Crippen LogP contribution >= 0.6 is 11.8 Å². The Morgan fingerprint density at radius 2 is 1.63 bits per heavy atom. The number of nitrogens with one attached hydrogen (secondary N) is 2. The van der Waals surface area contributed by atoms with Gasteiger partial charge in [-0.15, -0.1) is 13.2 Å². The van der Waals surface area contributed by atoms with Crippen LogP contribution in [0.2, 0.25) is 0 Å². The Labute approximate surface area is 305 Å².